The zero-order valence-electron chi connectivity index (χ0n) is 12.3. The fourth-order valence-corrected chi connectivity index (χ4v) is 3.65. The number of anilines is 2. The average molecular weight is 316 g/mol. The van der Waals surface area contributed by atoms with Crippen LogP contribution in [0.25, 0.3) is 0 Å². The molecule has 0 aromatic heterocycles. The van der Waals surface area contributed by atoms with Crippen LogP contribution in [0, 0.1) is 5.82 Å². The highest BCUT2D eigenvalue weighted by Gasteiger charge is 2.28. The molecule has 0 aliphatic carbocycles. The van der Waals surface area contributed by atoms with Crippen LogP contribution in [0.1, 0.15) is 13.3 Å². The normalized spacial score (nSPS) is 17.0. The molecule has 1 N–H and O–H groups in total. The number of urea groups is 1. The fraction of sp³-hybridized carbons (Fsp3) is 0.235. The Labute approximate surface area is 133 Å². The number of benzene rings is 2. The largest absolute Gasteiger partial charge is 0.326 e. The van der Waals surface area contributed by atoms with Gasteiger partial charge in [0.05, 0.1) is 11.4 Å². The van der Waals surface area contributed by atoms with E-state index in [1.165, 1.54) is 6.07 Å². The van der Waals surface area contributed by atoms with Crippen molar-refractivity contribution in [2.75, 3.05) is 16.8 Å². The van der Waals surface area contributed by atoms with Gasteiger partial charge in [-0.2, -0.15) is 0 Å². The third kappa shape index (κ3) is 2.95. The summed E-state index contributed by atoms with van der Waals surface area (Å²) in [6.45, 7) is 2.73. The highest BCUT2D eigenvalue weighted by atomic mass is 32.2. The second-order valence-electron chi connectivity index (χ2n) is 5.14. The van der Waals surface area contributed by atoms with Gasteiger partial charge in [-0.25, -0.2) is 9.18 Å². The Morgan fingerprint density at radius 2 is 2.00 bits per heavy atom. The first kappa shape index (κ1) is 14.9. The maximum absolute atomic E-state index is 13.7. The Bertz CT molecular complexity index is 692. The molecule has 1 aliphatic rings. The number of hydrogen-bond donors (Lipinski definition) is 1. The van der Waals surface area contributed by atoms with Crippen molar-refractivity contribution in [2.45, 2.75) is 23.5 Å². The molecular formula is C17H17FN2OS. The summed E-state index contributed by atoms with van der Waals surface area (Å²) in [5.74, 6) is -0.428. The van der Waals surface area contributed by atoms with E-state index in [1.807, 2.05) is 24.3 Å². The summed E-state index contributed by atoms with van der Waals surface area (Å²) in [4.78, 5) is 15.4. The lowest BCUT2D eigenvalue weighted by atomic mass is 10.2. The average Bonchev–Trinajstić information content (AvgIpc) is 2.55. The standard InChI is InChI=1S/C17H17FN2OS/c1-2-12-11-20(15-9-5-6-10-16(15)22-12)17(21)19-14-8-4-3-7-13(14)18/h3-10,12H,2,11H2,1H3,(H,19,21)/t12-/m0/s1. The predicted octanol–water partition coefficient (Wildman–Crippen LogP) is 4.75. The molecule has 0 saturated carbocycles. The van der Waals surface area contributed by atoms with Crippen LogP contribution in [-0.4, -0.2) is 17.8 Å². The van der Waals surface area contributed by atoms with E-state index in [0.29, 0.717) is 11.8 Å². The molecule has 0 radical (unpaired) electrons. The molecule has 3 rings (SSSR count). The van der Waals surface area contributed by atoms with E-state index in [0.717, 1.165) is 17.0 Å². The summed E-state index contributed by atoms with van der Waals surface area (Å²) in [5.41, 5.74) is 1.09. The van der Waals surface area contributed by atoms with E-state index < -0.39 is 5.82 Å². The van der Waals surface area contributed by atoms with Gasteiger partial charge in [-0.3, -0.25) is 4.90 Å². The van der Waals surface area contributed by atoms with Crippen molar-refractivity contribution in [3.8, 4) is 0 Å². The maximum Gasteiger partial charge on any atom is 0.326 e. The summed E-state index contributed by atoms with van der Waals surface area (Å²) < 4.78 is 13.7. The van der Waals surface area contributed by atoms with Crippen LogP contribution >= 0.6 is 11.8 Å². The number of thioether (sulfide) groups is 1. The van der Waals surface area contributed by atoms with E-state index in [9.17, 15) is 9.18 Å². The van der Waals surface area contributed by atoms with Gasteiger partial charge in [0.15, 0.2) is 0 Å². The van der Waals surface area contributed by atoms with Crippen LogP contribution in [-0.2, 0) is 0 Å². The number of hydrogen-bond acceptors (Lipinski definition) is 2. The van der Waals surface area contributed by atoms with Crippen LogP contribution in [0.4, 0.5) is 20.6 Å². The molecule has 2 aromatic rings. The smallest absolute Gasteiger partial charge is 0.305 e. The van der Waals surface area contributed by atoms with Gasteiger partial charge >= 0.3 is 6.03 Å². The molecular weight excluding hydrogens is 299 g/mol. The molecule has 2 amide bonds. The second-order valence-corrected chi connectivity index (χ2v) is 6.48. The SMILES string of the molecule is CC[C@H]1CN(C(=O)Nc2ccccc2F)c2ccccc2S1. The molecule has 0 unspecified atom stereocenters. The number of carbonyl (C=O) groups is 1. The number of para-hydroxylation sites is 2. The highest BCUT2D eigenvalue weighted by molar-refractivity contribution is 8.00. The molecule has 5 heteroatoms. The first-order chi connectivity index (χ1) is 10.7. The van der Waals surface area contributed by atoms with Gasteiger partial charge in [-0.15, -0.1) is 11.8 Å². The van der Waals surface area contributed by atoms with Gasteiger partial charge in [-0.1, -0.05) is 31.2 Å². The molecule has 3 nitrogen and oxygen atoms in total. The lowest BCUT2D eigenvalue weighted by Crippen LogP contribution is -2.42. The molecule has 0 spiro atoms. The van der Waals surface area contributed by atoms with E-state index in [2.05, 4.69) is 12.2 Å². The van der Waals surface area contributed by atoms with E-state index in [1.54, 1.807) is 34.9 Å². The monoisotopic (exact) mass is 316 g/mol. The van der Waals surface area contributed by atoms with Crippen molar-refractivity contribution in [3.63, 3.8) is 0 Å². The molecule has 22 heavy (non-hydrogen) atoms. The van der Waals surface area contributed by atoms with Crippen LogP contribution in [0.2, 0.25) is 0 Å². The second kappa shape index (κ2) is 6.40. The van der Waals surface area contributed by atoms with Crippen LogP contribution in [0.3, 0.4) is 0 Å². The molecule has 1 atom stereocenters. The highest BCUT2D eigenvalue weighted by Crippen LogP contribution is 2.39. The van der Waals surface area contributed by atoms with Crippen molar-refractivity contribution in [2.24, 2.45) is 0 Å². The van der Waals surface area contributed by atoms with Crippen molar-refractivity contribution >= 4 is 29.2 Å². The maximum atomic E-state index is 13.7. The predicted molar refractivity (Wildman–Crippen MR) is 89.1 cm³/mol. The van der Waals surface area contributed by atoms with Crippen molar-refractivity contribution in [1.29, 1.82) is 0 Å². The Morgan fingerprint density at radius 1 is 1.27 bits per heavy atom. The number of nitrogens with one attached hydrogen (secondary N) is 1. The van der Waals surface area contributed by atoms with Gasteiger partial charge in [0.25, 0.3) is 0 Å². The summed E-state index contributed by atoms with van der Waals surface area (Å²) >= 11 is 1.79. The molecule has 0 bridgehead atoms. The van der Waals surface area contributed by atoms with Crippen LogP contribution in [0.15, 0.2) is 53.4 Å². The van der Waals surface area contributed by atoms with E-state index in [-0.39, 0.29) is 11.7 Å². The first-order valence-electron chi connectivity index (χ1n) is 7.27. The quantitative estimate of drug-likeness (QED) is 0.867. The third-order valence-corrected chi connectivity index (χ3v) is 5.07. The molecule has 2 aromatic carbocycles. The van der Waals surface area contributed by atoms with Gasteiger partial charge in [0.1, 0.15) is 5.82 Å². The first-order valence-corrected chi connectivity index (χ1v) is 8.15. The van der Waals surface area contributed by atoms with E-state index >= 15 is 0 Å². The van der Waals surface area contributed by atoms with Gasteiger partial charge in [0, 0.05) is 16.7 Å². The van der Waals surface area contributed by atoms with Crippen LogP contribution < -0.4 is 10.2 Å². The van der Waals surface area contributed by atoms with Gasteiger partial charge < -0.3 is 5.32 Å². The number of rotatable bonds is 2. The number of halogens is 1. The summed E-state index contributed by atoms with van der Waals surface area (Å²) in [5, 5.41) is 3.02. The molecule has 0 fully saturated rings. The number of nitrogens with zero attached hydrogens (tertiary/aromatic N) is 1. The van der Waals surface area contributed by atoms with Crippen LogP contribution in [0.5, 0.6) is 0 Å². The van der Waals surface area contributed by atoms with Gasteiger partial charge in [0.2, 0.25) is 0 Å². The van der Waals surface area contributed by atoms with Crippen molar-refractivity contribution in [3.05, 3.63) is 54.3 Å². The fourth-order valence-electron chi connectivity index (χ4n) is 2.45. The Balaban J connectivity index is 1.87. The van der Waals surface area contributed by atoms with E-state index in [4.69, 9.17) is 0 Å². The van der Waals surface area contributed by atoms with Crippen molar-refractivity contribution < 1.29 is 9.18 Å². The molecule has 114 valence electrons. The van der Waals surface area contributed by atoms with Gasteiger partial charge in [-0.05, 0) is 30.7 Å². The summed E-state index contributed by atoms with van der Waals surface area (Å²) in [6, 6.07) is 13.7. The Kier molecular flexibility index (Phi) is 4.34. The lowest BCUT2D eigenvalue weighted by molar-refractivity contribution is 0.256. The Hall–Kier alpha value is -2.01. The molecule has 1 aliphatic heterocycles. The molecule has 1 heterocycles. The molecule has 0 saturated heterocycles. The topological polar surface area (TPSA) is 32.3 Å². The summed E-state index contributed by atoms with van der Waals surface area (Å²) in [7, 11) is 0. The minimum atomic E-state index is -0.428. The summed E-state index contributed by atoms with van der Waals surface area (Å²) in [6.07, 6.45) is 0.975. The number of carbonyl (C=O) groups excluding carboxylic acids is 1. The number of fused-ring (bicyclic) bond motifs is 1. The zero-order chi connectivity index (χ0) is 15.5. The van der Waals surface area contributed by atoms with Crippen molar-refractivity contribution in [1.82, 2.24) is 0 Å². The minimum absolute atomic E-state index is 0.205. The zero-order valence-corrected chi connectivity index (χ0v) is 13.1. The third-order valence-electron chi connectivity index (χ3n) is 3.65. The Morgan fingerprint density at radius 3 is 2.77 bits per heavy atom. The minimum Gasteiger partial charge on any atom is -0.305 e. The number of amides is 2. The lowest BCUT2D eigenvalue weighted by Gasteiger charge is -2.33.